The molecule has 5 aliphatic rings. The number of nitrogens with zero attached hydrogens (tertiary/aromatic N) is 12. The number of morpholine rings is 1. The maximum atomic E-state index is 13.3. The first-order valence-corrected chi connectivity index (χ1v) is 20.3. The predicted octanol–water partition coefficient (Wildman–Crippen LogP) is -1.34. The van der Waals surface area contributed by atoms with E-state index >= 15 is 0 Å². The summed E-state index contributed by atoms with van der Waals surface area (Å²) in [5.74, 6) is -0.262. The molecule has 10 rings (SSSR count). The lowest BCUT2D eigenvalue weighted by molar-refractivity contribution is -0.136. The number of carbonyl (C=O) groups is 2. The number of ether oxygens (including phenoxy) is 1. The van der Waals surface area contributed by atoms with Gasteiger partial charge in [0.05, 0.1) is 48.9 Å². The molecular formula is C38H48N16O4. The Balaban J connectivity index is 0.718. The van der Waals surface area contributed by atoms with Crippen LogP contribution in [-0.4, -0.2) is 156 Å². The van der Waals surface area contributed by atoms with Crippen LogP contribution < -0.4 is 31.7 Å². The highest BCUT2D eigenvalue weighted by molar-refractivity contribution is 5.99. The largest absolute Gasteiger partial charge is 0.373 e. The van der Waals surface area contributed by atoms with Gasteiger partial charge in [-0.3, -0.25) is 24.4 Å². The maximum Gasteiger partial charge on any atom is 0.275 e. The van der Waals surface area contributed by atoms with Crippen molar-refractivity contribution in [2.75, 3.05) is 70.4 Å². The summed E-state index contributed by atoms with van der Waals surface area (Å²) < 4.78 is 11.1. The van der Waals surface area contributed by atoms with Crippen LogP contribution in [0.3, 0.4) is 0 Å². The van der Waals surface area contributed by atoms with E-state index in [0.717, 1.165) is 75.4 Å². The molecule has 0 aliphatic carbocycles. The smallest absolute Gasteiger partial charge is 0.275 e. The summed E-state index contributed by atoms with van der Waals surface area (Å²) >= 11 is 0. The first-order chi connectivity index (χ1) is 28.3. The van der Waals surface area contributed by atoms with E-state index in [1.54, 1.807) is 28.0 Å². The van der Waals surface area contributed by atoms with Crippen molar-refractivity contribution in [2.45, 2.75) is 56.1 Å². The second kappa shape index (κ2) is 15.5. The predicted molar refractivity (Wildman–Crippen MR) is 211 cm³/mol. The van der Waals surface area contributed by atoms with E-state index in [-0.39, 0.29) is 36.5 Å². The molecule has 5 fully saturated rings. The summed E-state index contributed by atoms with van der Waals surface area (Å²) in [6, 6.07) is 6.04. The van der Waals surface area contributed by atoms with E-state index in [4.69, 9.17) is 4.74 Å². The second-order valence-corrected chi connectivity index (χ2v) is 16.1. The molecule has 6 atom stereocenters. The molecule has 0 spiro atoms. The van der Waals surface area contributed by atoms with Crippen LogP contribution in [0.15, 0.2) is 47.8 Å². The number of piperazine rings is 2. The number of fused-ring (bicyclic) bond motifs is 2. The summed E-state index contributed by atoms with van der Waals surface area (Å²) in [4.78, 5) is 49.0. The third-order valence-electron chi connectivity index (χ3n) is 12.5. The number of hydrogen-bond donors (Lipinski definition) is 4. The minimum Gasteiger partial charge on any atom is -0.373 e. The van der Waals surface area contributed by atoms with E-state index in [9.17, 15) is 14.4 Å². The fourth-order valence-corrected chi connectivity index (χ4v) is 9.25. The first kappa shape index (κ1) is 37.0. The van der Waals surface area contributed by atoms with Crippen molar-refractivity contribution in [3.8, 4) is 11.3 Å². The normalized spacial score (nSPS) is 27.6. The molecule has 4 N–H and O–H groups in total. The standard InChI is InChI=1S/C38H48N16O4/c1-49-20-25(16-43-49)30-19-42-36-35(45-30)47-48-52(36)21-28-18-40-31(22-58-28)34-24(14-41-34)13-27-17-39-6-7-53(27)51-10-8-50(9-11-51)26-2-3-29-23(12-26)15-44-54(38(29)57)32-4-5-33(55)46-37(32)56/h2-3,12,15-16,19-20,24,27-28,31-32,34,39-41H,4-11,13-14,17-18,21-22H2,1H3,(H,46,55,56)/t24?,27?,28-,31?,32?,34?/m0/s1. The zero-order valence-electron chi connectivity index (χ0n) is 32.4. The average Bonchev–Trinajstić information content (AvgIpc) is 3.86. The average molecular weight is 793 g/mol. The lowest BCUT2D eigenvalue weighted by atomic mass is 9.81. The van der Waals surface area contributed by atoms with Crippen LogP contribution in [0.2, 0.25) is 0 Å². The summed E-state index contributed by atoms with van der Waals surface area (Å²) in [6.45, 7) is 9.35. The van der Waals surface area contributed by atoms with Crippen molar-refractivity contribution >= 4 is 39.6 Å². The molecule has 2 amide bonds. The molecular weight excluding hydrogens is 745 g/mol. The first-order valence-electron chi connectivity index (χ1n) is 20.3. The second-order valence-electron chi connectivity index (χ2n) is 16.1. The number of aryl methyl sites for hydroxylation is 1. The Morgan fingerprint density at radius 1 is 0.966 bits per heavy atom. The fraction of sp³-hybridized carbons (Fsp3) is 0.553. The van der Waals surface area contributed by atoms with Gasteiger partial charge < -0.3 is 25.6 Å². The van der Waals surface area contributed by atoms with Crippen molar-refractivity contribution in [1.29, 1.82) is 0 Å². The Labute approximate surface area is 333 Å². The van der Waals surface area contributed by atoms with Crippen LogP contribution >= 0.6 is 0 Å². The van der Waals surface area contributed by atoms with Gasteiger partial charge in [0.2, 0.25) is 11.6 Å². The van der Waals surface area contributed by atoms with Gasteiger partial charge in [-0.2, -0.15) is 10.2 Å². The molecule has 20 heteroatoms. The van der Waals surface area contributed by atoms with Crippen LogP contribution in [-0.2, 0) is 27.9 Å². The number of anilines is 1. The van der Waals surface area contributed by atoms with E-state index in [1.807, 2.05) is 31.4 Å². The number of imide groups is 1. The molecule has 5 aromatic rings. The summed E-state index contributed by atoms with van der Waals surface area (Å²) in [7, 11) is 1.87. The summed E-state index contributed by atoms with van der Waals surface area (Å²) in [6.07, 6.45) is 8.55. The molecule has 0 saturated carbocycles. The minimum atomic E-state index is -0.780. The zero-order valence-corrected chi connectivity index (χ0v) is 32.4. The highest BCUT2D eigenvalue weighted by Crippen LogP contribution is 2.29. The molecule has 5 unspecified atom stereocenters. The Kier molecular flexibility index (Phi) is 9.90. The minimum absolute atomic E-state index is 0.0523. The van der Waals surface area contributed by atoms with Crippen LogP contribution in [0.5, 0.6) is 0 Å². The van der Waals surface area contributed by atoms with E-state index < -0.39 is 11.9 Å². The molecule has 0 bridgehead atoms. The number of nitrogens with one attached hydrogen (secondary N) is 4. The molecule has 304 valence electrons. The Morgan fingerprint density at radius 2 is 1.86 bits per heavy atom. The van der Waals surface area contributed by atoms with Crippen LogP contribution in [0.1, 0.15) is 25.3 Å². The quantitative estimate of drug-likeness (QED) is 0.127. The highest BCUT2D eigenvalue weighted by Gasteiger charge is 2.42. The van der Waals surface area contributed by atoms with E-state index in [2.05, 4.69) is 66.7 Å². The van der Waals surface area contributed by atoms with Gasteiger partial charge in [-0.05, 0) is 43.5 Å². The van der Waals surface area contributed by atoms with E-state index in [0.29, 0.717) is 60.1 Å². The number of amides is 2. The van der Waals surface area contributed by atoms with Gasteiger partial charge in [-0.25, -0.2) is 29.3 Å². The van der Waals surface area contributed by atoms with Gasteiger partial charge in [-0.1, -0.05) is 5.21 Å². The van der Waals surface area contributed by atoms with Crippen molar-refractivity contribution < 1.29 is 14.3 Å². The third kappa shape index (κ3) is 7.13. The van der Waals surface area contributed by atoms with Gasteiger partial charge >= 0.3 is 0 Å². The molecule has 0 radical (unpaired) electrons. The number of aromatic nitrogens is 9. The number of hydrazine groups is 1. The lowest BCUT2D eigenvalue weighted by Gasteiger charge is -2.51. The van der Waals surface area contributed by atoms with Gasteiger partial charge in [-0.15, -0.1) is 5.10 Å². The van der Waals surface area contributed by atoms with E-state index in [1.165, 1.54) is 4.68 Å². The van der Waals surface area contributed by atoms with Crippen LogP contribution in [0.4, 0.5) is 5.69 Å². The molecule has 5 saturated heterocycles. The van der Waals surface area contributed by atoms with Crippen molar-refractivity contribution in [3.63, 3.8) is 0 Å². The van der Waals surface area contributed by atoms with Gasteiger partial charge in [0.25, 0.3) is 11.5 Å². The van der Waals surface area contributed by atoms with Crippen molar-refractivity contribution in [2.24, 2.45) is 13.0 Å². The molecule has 5 aliphatic heterocycles. The molecule has 4 aromatic heterocycles. The molecule has 58 heavy (non-hydrogen) atoms. The summed E-state index contributed by atoms with van der Waals surface area (Å²) in [5, 5.41) is 37.0. The number of piperidine rings is 1. The number of benzene rings is 1. The number of carbonyl (C=O) groups excluding carboxylic acids is 2. The van der Waals surface area contributed by atoms with Gasteiger partial charge in [0.15, 0.2) is 5.65 Å². The molecule has 1 aromatic carbocycles. The van der Waals surface area contributed by atoms with Crippen LogP contribution in [0, 0.1) is 5.92 Å². The fourth-order valence-electron chi connectivity index (χ4n) is 9.25. The van der Waals surface area contributed by atoms with Gasteiger partial charge in [0.1, 0.15) is 6.04 Å². The monoisotopic (exact) mass is 792 g/mol. The molecule has 20 nitrogen and oxygen atoms in total. The Hall–Kier alpha value is -5.25. The number of hydrogen-bond acceptors (Lipinski definition) is 16. The summed E-state index contributed by atoms with van der Waals surface area (Å²) in [5.41, 5.74) is 3.47. The van der Waals surface area contributed by atoms with Crippen molar-refractivity contribution in [3.05, 3.63) is 53.3 Å². The van der Waals surface area contributed by atoms with Crippen molar-refractivity contribution in [1.82, 2.24) is 75.8 Å². The highest BCUT2D eigenvalue weighted by atomic mass is 16.5. The van der Waals surface area contributed by atoms with Gasteiger partial charge in [0, 0.05) is 107 Å². The zero-order chi connectivity index (χ0) is 39.3. The third-order valence-corrected chi connectivity index (χ3v) is 12.5. The Bertz CT molecular complexity index is 2380. The maximum absolute atomic E-state index is 13.3. The number of rotatable bonds is 9. The SMILES string of the molecule is Cn1cc(-c2cnc3c(nnn3C[C@@H]3CNC(C4NCC4CC4CNCCN4N4CCN(c5ccc6c(=O)n(C7CCC(=O)NC7=O)ncc6c5)CC4)CO3)n2)cn1. The molecule has 9 heterocycles. The van der Waals surface area contributed by atoms with Crippen LogP contribution in [0.25, 0.3) is 33.3 Å². The Morgan fingerprint density at radius 3 is 2.64 bits per heavy atom. The topological polar surface area (TPSA) is 210 Å². The lowest BCUT2D eigenvalue weighted by Crippen LogP contribution is -2.69.